The van der Waals surface area contributed by atoms with Gasteiger partial charge in [0.05, 0.1) is 5.69 Å². The number of carbonyl (C=O) groups excluding carboxylic acids is 3. The Labute approximate surface area is 133 Å². The molecule has 0 saturated carbocycles. The molecule has 0 aliphatic carbocycles. The van der Waals surface area contributed by atoms with Gasteiger partial charge >= 0.3 is 6.03 Å². The normalized spacial score (nSPS) is 16.5. The molecule has 1 aromatic carbocycles. The molecular weight excluding hydrogens is 326 g/mol. The van der Waals surface area contributed by atoms with Gasteiger partial charge in [0.2, 0.25) is 5.91 Å². The van der Waals surface area contributed by atoms with Crippen molar-refractivity contribution in [3.8, 4) is 0 Å². The van der Waals surface area contributed by atoms with Crippen molar-refractivity contribution < 1.29 is 23.2 Å². The van der Waals surface area contributed by atoms with Crippen molar-refractivity contribution in [1.82, 2.24) is 0 Å². The van der Waals surface area contributed by atoms with Crippen LogP contribution in [0.1, 0.15) is 16.4 Å². The zero-order chi connectivity index (χ0) is 16.7. The van der Waals surface area contributed by atoms with Crippen LogP contribution in [0.25, 0.3) is 0 Å². The molecule has 3 amide bonds. The van der Waals surface area contributed by atoms with E-state index in [1.807, 2.05) is 0 Å². The van der Waals surface area contributed by atoms with Gasteiger partial charge in [-0.15, -0.1) is 11.3 Å². The van der Waals surface area contributed by atoms with Crippen molar-refractivity contribution in [3.05, 3.63) is 51.7 Å². The molecule has 2 heterocycles. The van der Waals surface area contributed by atoms with E-state index in [0.717, 1.165) is 10.9 Å². The molecule has 1 aromatic heterocycles. The molecule has 0 radical (unpaired) electrons. The standard InChI is InChI=1S/C15H10F2N2O3S/c16-9-5-8-11(6-10(9)17)19(15(18)22)14(21)13(8)12(20)4-7-2-1-3-23-7/h1-3,5-6,13H,4H2,(H2,18,22). The summed E-state index contributed by atoms with van der Waals surface area (Å²) in [6.45, 7) is 0. The molecule has 5 nitrogen and oxygen atoms in total. The highest BCUT2D eigenvalue weighted by Gasteiger charge is 2.44. The highest BCUT2D eigenvalue weighted by Crippen LogP contribution is 2.39. The summed E-state index contributed by atoms with van der Waals surface area (Å²) < 4.78 is 26.9. The number of anilines is 1. The molecule has 0 saturated heterocycles. The summed E-state index contributed by atoms with van der Waals surface area (Å²) in [6.07, 6.45) is -0.0425. The number of carbonyl (C=O) groups is 3. The van der Waals surface area contributed by atoms with Crippen LogP contribution >= 0.6 is 11.3 Å². The fourth-order valence-corrected chi connectivity index (χ4v) is 3.30. The van der Waals surface area contributed by atoms with Gasteiger partial charge in [0.1, 0.15) is 5.92 Å². The number of benzene rings is 1. The fraction of sp³-hybridized carbons (Fsp3) is 0.133. The Morgan fingerprint density at radius 1 is 1.26 bits per heavy atom. The van der Waals surface area contributed by atoms with Gasteiger partial charge in [0.15, 0.2) is 17.4 Å². The first-order valence-corrected chi connectivity index (χ1v) is 7.45. The Balaban J connectivity index is 2.05. The van der Waals surface area contributed by atoms with E-state index in [0.29, 0.717) is 11.0 Å². The Hall–Kier alpha value is -2.61. The first-order chi connectivity index (χ1) is 10.9. The number of amides is 3. The average molecular weight is 336 g/mol. The Kier molecular flexibility index (Phi) is 3.69. The molecule has 0 bridgehead atoms. The van der Waals surface area contributed by atoms with Crippen LogP contribution in [0.2, 0.25) is 0 Å². The van der Waals surface area contributed by atoms with E-state index in [1.54, 1.807) is 17.5 Å². The molecule has 3 rings (SSSR count). The lowest BCUT2D eigenvalue weighted by molar-refractivity contribution is -0.127. The summed E-state index contributed by atoms with van der Waals surface area (Å²) in [4.78, 5) is 37.5. The van der Waals surface area contributed by atoms with Gasteiger partial charge in [-0.1, -0.05) is 6.07 Å². The molecule has 1 aliphatic heterocycles. The number of hydrogen-bond donors (Lipinski definition) is 1. The molecule has 1 aliphatic rings. The van der Waals surface area contributed by atoms with E-state index in [9.17, 15) is 23.2 Å². The molecule has 1 atom stereocenters. The van der Waals surface area contributed by atoms with E-state index in [1.165, 1.54) is 11.3 Å². The second-order valence-corrected chi connectivity index (χ2v) is 6.02. The van der Waals surface area contributed by atoms with Crippen LogP contribution < -0.4 is 10.6 Å². The highest BCUT2D eigenvalue weighted by atomic mass is 32.1. The summed E-state index contributed by atoms with van der Waals surface area (Å²) in [5.41, 5.74) is 4.89. The second-order valence-electron chi connectivity index (χ2n) is 4.99. The molecular formula is C15H10F2N2O3S. The quantitative estimate of drug-likeness (QED) is 0.874. The maximum absolute atomic E-state index is 13.5. The van der Waals surface area contributed by atoms with Gasteiger partial charge < -0.3 is 5.73 Å². The minimum absolute atomic E-state index is 0.0425. The third kappa shape index (κ3) is 2.50. The second kappa shape index (κ2) is 5.54. The van der Waals surface area contributed by atoms with Gasteiger partial charge in [0, 0.05) is 17.4 Å². The predicted molar refractivity (Wildman–Crippen MR) is 79.2 cm³/mol. The summed E-state index contributed by atoms with van der Waals surface area (Å²) >= 11 is 1.33. The number of ketones is 1. The van der Waals surface area contributed by atoms with Crippen LogP contribution in [0.4, 0.5) is 19.3 Å². The zero-order valence-electron chi connectivity index (χ0n) is 11.6. The minimum atomic E-state index is -1.37. The monoisotopic (exact) mass is 336 g/mol. The fourth-order valence-electron chi connectivity index (χ4n) is 2.58. The van der Waals surface area contributed by atoms with E-state index in [4.69, 9.17) is 5.73 Å². The maximum Gasteiger partial charge on any atom is 0.326 e. The van der Waals surface area contributed by atoms with Gasteiger partial charge in [-0.25, -0.2) is 18.5 Å². The Morgan fingerprint density at radius 3 is 2.57 bits per heavy atom. The third-order valence-electron chi connectivity index (χ3n) is 3.56. The smallest absolute Gasteiger partial charge is 0.326 e. The van der Waals surface area contributed by atoms with Crippen LogP contribution in [0.3, 0.4) is 0 Å². The van der Waals surface area contributed by atoms with Gasteiger partial charge in [-0.3, -0.25) is 9.59 Å². The van der Waals surface area contributed by atoms with Crippen LogP contribution in [0.15, 0.2) is 29.6 Å². The third-order valence-corrected chi connectivity index (χ3v) is 4.44. The summed E-state index contributed by atoms with van der Waals surface area (Å²) in [5.74, 6) is -5.19. The molecule has 2 aromatic rings. The number of urea groups is 1. The lowest BCUT2D eigenvalue weighted by Gasteiger charge is -2.12. The summed E-state index contributed by atoms with van der Waals surface area (Å²) in [7, 11) is 0. The lowest BCUT2D eigenvalue weighted by Crippen LogP contribution is -2.40. The highest BCUT2D eigenvalue weighted by molar-refractivity contribution is 7.10. The summed E-state index contributed by atoms with van der Waals surface area (Å²) in [5, 5.41) is 1.78. The number of hydrogen-bond acceptors (Lipinski definition) is 4. The van der Waals surface area contributed by atoms with Crippen molar-refractivity contribution >= 4 is 34.7 Å². The lowest BCUT2D eigenvalue weighted by atomic mass is 9.94. The Bertz CT molecular complexity index is 820. The van der Waals surface area contributed by atoms with Crippen molar-refractivity contribution in [2.45, 2.75) is 12.3 Å². The average Bonchev–Trinajstić information content (AvgIpc) is 3.05. The number of Topliss-reactive ketones (excluding diaryl/α,β-unsaturated/α-hetero) is 1. The largest absolute Gasteiger partial charge is 0.351 e. The van der Waals surface area contributed by atoms with E-state index < -0.39 is 35.3 Å². The Morgan fingerprint density at radius 2 is 1.96 bits per heavy atom. The SMILES string of the molecule is NC(=O)N1C(=O)C(C(=O)Cc2cccs2)c2cc(F)c(F)cc21. The molecule has 2 N–H and O–H groups in total. The van der Waals surface area contributed by atoms with Crippen molar-refractivity contribution in [1.29, 1.82) is 0 Å². The number of nitrogens with two attached hydrogens (primary N) is 1. The predicted octanol–water partition coefficient (Wildman–Crippen LogP) is 2.35. The topological polar surface area (TPSA) is 80.5 Å². The van der Waals surface area contributed by atoms with Crippen LogP contribution in [-0.4, -0.2) is 17.7 Å². The van der Waals surface area contributed by atoms with E-state index >= 15 is 0 Å². The number of primary amides is 1. The van der Waals surface area contributed by atoms with Crippen LogP contribution in [0.5, 0.6) is 0 Å². The van der Waals surface area contributed by atoms with Crippen molar-refractivity contribution in [2.75, 3.05) is 4.90 Å². The molecule has 0 fully saturated rings. The molecule has 1 unspecified atom stereocenters. The number of halogens is 2. The molecule has 8 heteroatoms. The van der Waals surface area contributed by atoms with Gasteiger partial charge in [-0.2, -0.15) is 0 Å². The molecule has 23 heavy (non-hydrogen) atoms. The van der Waals surface area contributed by atoms with Gasteiger partial charge in [-0.05, 0) is 23.1 Å². The maximum atomic E-state index is 13.5. The minimum Gasteiger partial charge on any atom is -0.351 e. The zero-order valence-corrected chi connectivity index (χ0v) is 12.4. The first kappa shape index (κ1) is 15.3. The number of fused-ring (bicyclic) bond motifs is 1. The van der Waals surface area contributed by atoms with Gasteiger partial charge in [0.25, 0.3) is 0 Å². The summed E-state index contributed by atoms with van der Waals surface area (Å²) in [6, 6.07) is 3.80. The number of nitrogens with zero attached hydrogens (tertiary/aromatic N) is 1. The van der Waals surface area contributed by atoms with E-state index in [-0.39, 0.29) is 17.7 Å². The number of rotatable bonds is 3. The van der Waals surface area contributed by atoms with Crippen molar-refractivity contribution in [3.63, 3.8) is 0 Å². The number of thiophene rings is 1. The van der Waals surface area contributed by atoms with E-state index in [2.05, 4.69) is 0 Å². The molecule has 118 valence electrons. The van der Waals surface area contributed by atoms with Crippen LogP contribution in [0, 0.1) is 11.6 Å². The first-order valence-electron chi connectivity index (χ1n) is 6.57. The van der Waals surface area contributed by atoms with Crippen LogP contribution in [-0.2, 0) is 16.0 Å². The number of imide groups is 1. The molecule has 0 spiro atoms. The van der Waals surface area contributed by atoms with Crippen molar-refractivity contribution in [2.24, 2.45) is 5.73 Å².